The molecular weight excluding hydrogens is 364 g/mol. The van der Waals surface area contributed by atoms with Crippen molar-refractivity contribution in [2.24, 2.45) is 5.92 Å². The Morgan fingerprint density at radius 3 is 2.11 bits per heavy atom. The van der Waals surface area contributed by atoms with Gasteiger partial charge in [0.1, 0.15) is 11.6 Å². The van der Waals surface area contributed by atoms with Crippen LogP contribution in [0.2, 0.25) is 0 Å². The maximum Gasteiger partial charge on any atom is 0.321 e. The molecule has 0 unspecified atom stereocenters. The van der Waals surface area contributed by atoms with Gasteiger partial charge in [-0.2, -0.15) is 0 Å². The van der Waals surface area contributed by atoms with Gasteiger partial charge in [0.2, 0.25) is 5.91 Å². The van der Waals surface area contributed by atoms with Gasteiger partial charge in [0.15, 0.2) is 0 Å². The van der Waals surface area contributed by atoms with E-state index in [0.717, 1.165) is 18.4 Å². The molecule has 1 fully saturated rings. The fourth-order valence-corrected chi connectivity index (χ4v) is 3.18. The molecule has 2 aromatic rings. The molecule has 1 saturated heterocycles. The Morgan fingerprint density at radius 1 is 0.929 bits per heavy atom. The summed E-state index contributed by atoms with van der Waals surface area (Å²) in [5, 5.41) is 5.68. The third-order valence-electron chi connectivity index (χ3n) is 4.86. The van der Waals surface area contributed by atoms with Crippen molar-refractivity contribution in [3.05, 3.63) is 65.7 Å². The molecule has 3 rings (SSSR count). The van der Waals surface area contributed by atoms with Gasteiger partial charge in [0.05, 0.1) is 6.42 Å². The van der Waals surface area contributed by atoms with Gasteiger partial charge in [-0.25, -0.2) is 13.6 Å². The van der Waals surface area contributed by atoms with Crippen molar-refractivity contribution in [1.82, 2.24) is 10.2 Å². The van der Waals surface area contributed by atoms with Gasteiger partial charge in [-0.15, -0.1) is 0 Å². The summed E-state index contributed by atoms with van der Waals surface area (Å²) in [5.41, 5.74) is 1.33. The number of piperidine rings is 1. The first-order valence-corrected chi connectivity index (χ1v) is 9.32. The number of urea groups is 1. The van der Waals surface area contributed by atoms with Crippen molar-refractivity contribution in [3.63, 3.8) is 0 Å². The number of rotatable bonds is 5. The van der Waals surface area contributed by atoms with E-state index in [9.17, 15) is 18.4 Å². The molecule has 7 heteroatoms. The quantitative estimate of drug-likeness (QED) is 0.824. The Bertz CT molecular complexity index is 801. The molecule has 148 valence electrons. The standard InChI is InChI=1S/C21H23F2N3O2/c22-17-3-1-15(2-4-17)13-20(27)24-14-16-9-11-26(12-10-16)21(28)25-19-7-5-18(23)6-8-19/h1-8,16H,9-14H2,(H,24,27)(H,25,28). The summed E-state index contributed by atoms with van der Waals surface area (Å²) in [5.74, 6) is -0.449. The highest BCUT2D eigenvalue weighted by Crippen LogP contribution is 2.18. The van der Waals surface area contributed by atoms with Gasteiger partial charge in [-0.05, 0) is 60.7 Å². The van der Waals surface area contributed by atoms with E-state index in [4.69, 9.17) is 0 Å². The Balaban J connectivity index is 1.37. The number of carbonyl (C=O) groups excluding carboxylic acids is 2. The monoisotopic (exact) mass is 387 g/mol. The van der Waals surface area contributed by atoms with E-state index in [0.29, 0.717) is 31.2 Å². The molecular formula is C21H23F2N3O2. The summed E-state index contributed by atoms with van der Waals surface area (Å²) in [4.78, 5) is 26.0. The summed E-state index contributed by atoms with van der Waals surface area (Å²) >= 11 is 0. The van der Waals surface area contributed by atoms with E-state index in [1.807, 2.05) is 0 Å². The number of nitrogens with one attached hydrogen (secondary N) is 2. The van der Waals surface area contributed by atoms with Crippen LogP contribution in [0.15, 0.2) is 48.5 Å². The minimum atomic E-state index is -0.347. The lowest BCUT2D eigenvalue weighted by Crippen LogP contribution is -2.43. The van der Waals surface area contributed by atoms with Crippen LogP contribution in [0.1, 0.15) is 18.4 Å². The molecule has 3 amide bonds. The first-order valence-electron chi connectivity index (χ1n) is 9.32. The number of hydrogen-bond donors (Lipinski definition) is 2. The molecule has 0 spiro atoms. The Hall–Kier alpha value is -2.96. The summed E-state index contributed by atoms with van der Waals surface area (Å²) in [6.07, 6.45) is 1.82. The SMILES string of the molecule is O=C(Cc1ccc(F)cc1)NCC1CCN(C(=O)Nc2ccc(F)cc2)CC1. The van der Waals surface area contributed by atoms with Crippen molar-refractivity contribution in [2.75, 3.05) is 25.0 Å². The van der Waals surface area contributed by atoms with Crippen LogP contribution < -0.4 is 10.6 Å². The summed E-state index contributed by atoms with van der Waals surface area (Å²) in [6.45, 7) is 1.77. The minimum absolute atomic E-state index is 0.0944. The highest BCUT2D eigenvalue weighted by Gasteiger charge is 2.23. The van der Waals surface area contributed by atoms with Crippen LogP contribution in [0.25, 0.3) is 0 Å². The van der Waals surface area contributed by atoms with Crippen LogP contribution in [0.5, 0.6) is 0 Å². The van der Waals surface area contributed by atoms with Gasteiger partial charge in [0.25, 0.3) is 0 Å². The fraction of sp³-hybridized carbons (Fsp3) is 0.333. The third-order valence-corrected chi connectivity index (χ3v) is 4.86. The molecule has 1 aliphatic rings. The second-order valence-corrected chi connectivity index (χ2v) is 6.97. The largest absolute Gasteiger partial charge is 0.356 e. The Kier molecular flexibility index (Phi) is 6.57. The fourth-order valence-electron chi connectivity index (χ4n) is 3.18. The maximum atomic E-state index is 12.9. The van der Waals surface area contributed by atoms with Crippen molar-refractivity contribution in [3.8, 4) is 0 Å². The van der Waals surface area contributed by atoms with Crippen molar-refractivity contribution < 1.29 is 18.4 Å². The molecule has 1 heterocycles. The number of hydrogen-bond acceptors (Lipinski definition) is 2. The highest BCUT2D eigenvalue weighted by molar-refractivity contribution is 5.89. The third kappa shape index (κ3) is 5.77. The molecule has 28 heavy (non-hydrogen) atoms. The summed E-state index contributed by atoms with van der Waals surface area (Å²) < 4.78 is 25.8. The second-order valence-electron chi connectivity index (χ2n) is 6.97. The van der Waals surface area contributed by atoms with Crippen LogP contribution in [0.3, 0.4) is 0 Å². The molecule has 1 aliphatic heterocycles. The Labute approximate surface area is 162 Å². The molecule has 2 aromatic carbocycles. The van der Waals surface area contributed by atoms with Gasteiger partial charge >= 0.3 is 6.03 Å². The number of amides is 3. The van der Waals surface area contributed by atoms with Gasteiger partial charge in [0, 0.05) is 25.3 Å². The molecule has 0 aliphatic carbocycles. The van der Waals surface area contributed by atoms with E-state index in [1.54, 1.807) is 17.0 Å². The van der Waals surface area contributed by atoms with Gasteiger partial charge in [-0.1, -0.05) is 12.1 Å². The average Bonchev–Trinajstić information content (AvgIpc) is 2.70. The van der Waals surface area contributed by atoms with Crippen LogP contribution in [0, 0.1) is 17.6 Å². The number of nitrogens with zero attached hydrogens (tertiary/aromatic N) is 1. The molecule has 0 bridgehead atoms. The predicted molar refractivity (Wildman–Crippen MR) is 103 cm³/mol. The Morgan fingerprint density at radius 2 is 1.50 bits per heavy atom. The highest BCUT2D eigenvalue weighted by atomic mass is 19.1. The topological polar surface area (TPSA) is 61.4 Å². The molecule has 0 atom stereocenters. The lowest BCUT2D eigenvalue weighted by molar-refractivity contribution is -0.120. The number of likely N-dealkylation sites (tertiary alicyclic amines) is 1. The molecule has 0 aromatic heterocycles. The zero-order chi connectivity index (χ0) is 19.9. The zero-order valence-corrected chi connectivity index (χ0v) is 15.5. The van der Waals surface area contributed by atoms with Gasteiger partial charge in [-0.3, -0.25) is 4.79 Å². The molecule has 0 radical (unpaired) electrons. The molecule has 2 N–H and O–H groups in total. The van der Waals surface area contributed by atoms with E-state index in [2.05, 4.69) is 10.6 Å². The molecule has 5 nitrogen and oxygen atoms in total. The minimum Gasteiger partial charge on any atom is -0.356 e. The number of halogens is 2. The van der Waals surface area contributed by atoms with Gasteiger partial charge < -0.3 is 15.5 Å². The number of benzene rings is 2. The van der Waals surface area contributed by atoms with Crippen molar-refractivity contribution in [2.45, 2.75) is 19.3 Å². The lowest BCUT2D eigenvalue weighted by Gasteiger charge is -2.32. The number of anilines is 1. The first kappa shape index (κ1) is 19.8. The van der Waals surface area contributed by atoms with Crippen molar-refractivity contribution >= 4 is 17.6 Å². The van der Waals surface area contributed by atoms with Crippen LogP contribution in [-0.4, -0.2) is 36.5 Å². The lowest BCUT2D eigenvalue weighted by atomic mass is 9.97. The second kappa shape index (κ2) is 9.30. The van der Waals surface area contributed by atoms with Crippen LogP contribution in [0.4, 0.5) is 19.3 Å². The average molecular weight is 387 g/mol. The summed E-state index contributed by atoms with van der Waals surface area (Å²) in [6, 6.07) is 11.3. The van der Waals surface area contributed by atoms with Crippen LogP contribution in [-0.2, 0) is 11.2 Å². The van der Waals surface area contributed by atoms with E-state index >= 15 is 0 Å². The predicted octanol–water partition coefficient (Wildman–Crippen LogP) is 3.57. The molecule has 0 saturated carbocycles. The van der Waals surface area contributed by atoms with E-state index in [1.165, 1.54) is 36.4 Å². The first-order chi connectivity index (χ1) is 13.5. The van der Waals surface area contributed by atoms with Crippen molar-refractivity contribution in [1.29, 1.82) is 0 Å². The zero-order valence-electron chi connectivity index (χ0n) is 15.5. The van der Waals surface area contributed by atoms with E-state index in [-0.39, 0.29) is 30.0 Å². The maximum absolute atomic E-state index is 12.9. The summed E-state index contributed by atoms with van der Waals surface area (Å²) in [7, 11) is 0. The number of carbonyl (C=O) groups is 2. The van der Waals surface area contributed by atoms with E-state index < -0.39 is 0 Å². The van der Waals surface area contributed by atoms with Crippen LogP contribution >= 0.6 is 0 Å². The normalized spacial score (nSPS) is 14.6. The smallest absolute Gasteiger partial charge is 0.321 e.